The van der Waals surface area contributed by atoms with Gasteiger partial charge in [-0.1, -0.05) is 30.3 Å². The van der Waals surface area contributed by atoms with Gasteiger partial charge in [0.05, 0.1) is 29.5 Å². The molecule has 0 saturated carbocycles. The van der Waals surface area contributed by atoms with Crippen molar-refractivity contribution in [3.63, 3.8) is 0 Å². The molecule has 4 rings (SSSR count). The topological polar surface area (TPSA) is 122 Å². The van der Waals surface area contributed by atoms with E-state index in [1.165, 1.54) is 28.6 Å². The number of sulfonamides is 2. The Balaban J connectivity index is 1.38. The number of rotatable bonds is 8. The monoisotopic (exact) mass is 529 g/mol. The van der Waals surface area contributed by atoms with Crippen LogP contribution in [0.4, 0.5) is 11.4 Å². The van der Waals surface area contributed by atoms with Gasteiger partial charge < -0.3 is 10.1 Å². The van der Waals surface area contributed by atoms with Crippen LogP contribution >= 0.6 is 0 Å². The van der Waals surface area contributed by atoms with Crippen LogP contribution in [0, 0.1) is 6.92 Å². The van der Waals surface area contributed by atoms with Crippen LogP contribution in [0.15, 0.2) is 77.7 Å². The van der Waals surface area contributed by atoms with Gasteiger partial charge >= 0.3 is 0 Å². The molecular weight excluding hydrogens is 502 g/mol. The first-order valence-corrected chi connectivity index (χ1v) is 14.4. The molecule has 1 amide bonds. The fraction of sp³-hybridized carbons (Fsp3) is 0.240. The van der Waals surface area contributed by atoms with E-state index in [1.54, 1.807) is 36.4 Å². The third-order valence-electron chi connectivity index (χ3n) is 5.74. The average molecular weight is 530 g/mol. The fourth-order valence-electron chi connectivity index (χ4n) is 3.69. The SMILES string of the molecule is Cc1ccccc1NS(=O)(=O)c1ccc(NC(=O)c2ccc(CS(=O)(=O)N3CCOCC3)cc2)cc1. The van der Waals surface area contributed by atoms with E-state index in [9.17, 15) is 21.6 Å². The molecule has 0 bridgehead atoms. The van der Waals surface area contributed by atoms with Gasteiger partial charge in [-0.3, -0.25) is 9.52 Å². The van der Waals surface area contributed by atoms with E-state index in [0.29, 0.717) is 48.8 Å². The van der Waals surface area contributed by atoms with Gasteiger partial charge in [0.1, 0.15) is 0 Å². The van der Waals surface area contributed by atoms with E-state index < -0.39 is 26.0 Å². The minimum Gasteiger partial charge on any atom is -0.379 e. The molecule has 0 aromatic heterocycles. The van der Waals surface area contributed by atoms with Crippen LogP contribution < -0.4 is 10.0 Å². The molecule has 1 aliphatic rings. The zero-order chi connectivity index (χ0) is 25.8. The molecule has 36 heavy (non-hydrogen) atoms. The van der Waals surface area contributed by atoms with Crippen molar-refractivity contribution >= 4 is 37.3 Å². The highest BCUT2D eigenvalue weighted by molar-refractivity contribution is 7.92. The number of carbonyl (C=O) groups is 1. The minimum absolute atomic E-state index is 0.0644. The first-order valence-electron chi connectivity index (χ1n) is 11.3. The number of morpholine rings is 1. The summed E-state index contributed by atoms with van der Waals surface area (Å²) in [6, 6.07) is 19.3. The number of aryl methyl sites for hydroxylation is 1. The summed E-state index contributed by atoms with van der Waals surface area (Å²) in [7, 11) is -7.24. The van der Waals surface area contributed by atoms with Crippen LogP contribution in [-0.2, 0) is 30.5 Å². The fourth-order valence-corrected chi connectivity index (χ4v) is 6.32. The Hall–Kier alpha value is -3.25. The number of hydrogen-bond donors (Lipinski definition) is 2. The van der Waals surface area contributed by atoms with Crippen LogP contribution in [0.2, 0.25) is 0 Å². The smallest absolute Gasteiger partial charge is 0.261 e. The largest absolute Gasteiger partial charge is 0.379 e. The summed E-state index contributed by atoms with van der Waals surface area (Å²) in [6.07, 6.45) is 0. The maximum atomic E-state index is 12.7. The molecule has 2 N–H and O–H groups in total. The lowest BCUT2D eigenvalue weighted by molar-refractivity contribution is 0.0729. The van der Waals surface area contributed by atoms with E-state index >= 15 is 0 Å². The summed E-state index contributed by atoms with van der Waals surface area (Å²) < 4.78 is 59.7. The Morgan fingerprint density at radius 1 is 0.889 bits per heavy atom. The number of amides is 1. The maximum absolute atomic E-state index is 12.7. The third-order valence-corrected chi connectivity index (χ3v) is 8.97. The van der Waals surface area contributed by atoms with E-state index in [1.807, 2.05) is 19.1 Å². The third kappa shape index (κ3) is 6.30. The number of nitrogens with zero attached hydrogens (tertiary/aromatic N) is 1. The molecule has 0 aliphatic carbocycles. The summed E-state index contributed by atoms with van der Waals surface area (Å²) in [5.74, 6) is -0.548. The normalized spacial score (nSPS) is 14.8. The molecule has 11 heteroatoms. The number of hydrogen-bond acceptors (Lipinski definition) is 6. The van der Waals surface area contributed by atoms with Crippen molar-refractivity contribution in [2.75, 3.05) is 36.3 Å². The second-order valence-electron chi connectivity index (χ2n) is 8.36. The minimum atomic E-state index is -3.78. The average Bonchev–Trinajstić information content (AvgIpc) is 2.86. The van der Waals surface area contributed by atoms with Crippen molar-refractivity contribution in [2.24, 2.45) is 0 Å². The van der Waals surface area contributed by atoms with Gasteiger partial charge in [-0.05, 0) is 60.5 Å². The number of carbonyl (C=O) groups excluding carboxylic acids is 1. The van der Waals surface area contributed by atoms with Gasteiger partial charge in [0.2, 0.25) is 10.0 Å². The maximum Gasteiger partial charge on any atom is 0.261 e. The molecule has 1 heterocycles. The van der Waals surface area contributed by atoms with Crippen LogP contribution in [-0.4, -0.2) is 53.4 Å². The van der Waals surface area contributed by atoms with E-state index in [0.717, 1.165) is 5.56 Å². The van der Waals surface area contributed by atoms with Gasteiger partial charge in [0.15, 0.2) is 0 Å². The summed E-state index contributed by atoms with van der Waals surface area (Å²) >= 11 is 0. The molecule has 0 atom stereocenters. The van der Waals surface area contributed by atoms with Crippen molar-refractivity contribution in [1.29, 1.82) is 0 Å². The highest BCUT2D eigenvalue weighted by Gasteiger charge is 2.24. The lowest BCUT2D eigenvalue weighted by atomic mass is 10.1. The molecule has 1 saturated heterocycles. The Bertz CT molecular complexity index is 1430. The summed E-state index contributed by atoms with van der Waals surface area (Å²) in [5, 5.41) is 2.72. The van der Waals surface area contributed by atoms with Crippen molar-refractivity contribution in [3.8, 4) is 0 Å². The number of benzene rings is 3. The van der Waals surface area contributed by atoms with Crippen molar-refractivity contribution in [1.82, 2.24) is 4.31 Å². The molecule has 190 valence electrons. The number of nitrogens with one attached hydrogen (secondary N) is 2. The number of ether oxygens (including phenoxy) is 1. The van der Waals surface area contributed by atoms with E-state index in [2.05, 4.69) is 10.0 Å². The highest BCUT2D eigenvalue weighted by atomic mass is 32.2. The van der Waals surface area contributed by atoms with E-state index in [-0.39, 0.29) is 10.6 Å². The Labute approximate surface area is 211 Å². The predicted molar refractivity (Wildman–Crippen MR) is 138 cm³/mol. The lowest BCUT2D eigenvalue weighted by Crippen LogP contribution is -2.41. The van der Waals surface area contributed by atoms with Gasteiger partial charge in [-0.15, -0.1) is 0 Å². The molecule has 0 spiro atoms. The van der Waals surface area contributed by atoms with Gasteiger partial charge in [-0.25, -0.2) is 16.8 Å². The van der Waals surface area contributed by atoms with Crippen LogP contribution in [0.25, 0.3) is 0 Å². The molecular formula is C25H27N3O6S2. The van der Waals surface area contributed by atoms with Gasteiger partial charge in [0, 0.05) is 24.3 Å². The highest BCUT2D eigenvalue weighted by Crippen LogP contribution is 2.21. The summed E-state index contributed by atoms with van der Waals surface area (Å²) in [4.78, 5) is 12.7. The predicted octanol–water partition coefficient (Wildman–Crippen LogP) is 3.21. The van der Waals surface area contributed by atoms with Gasteiger partial charge in [-0.2, -0.15) is 4.31 Å². The second kappa shape index (κ2) is 10.8. The van der Waals surface area contributed by atoms with Gasteiger partial charge in [0.25, 0.3) is 15.9 Å². The Kier molecular flexibility index (Phi) is 7.74. The number of anilines is 2. The zero-order valence-electron chi connectivity index (χ0n) is 19.7. The first kappa shape index (κ1) is 25.8. The quantitative estimate of drug-likeness (QED) is 0.462. The molecule has 0 radical (unpaired) electrons. The van der Waals surface area contributed by atoms with Crippen molar-refractivity contribution in [2.45, 2.75) is 17.6 Å². The number of para-hydroxylation sites is 1. The van der Waals surface area contributed by atoms with Crippen molar-refractivity contribution in [3.05, 3.63) is 89.5 Å². The van der Waals surface area contributed by atoms with E-state index in [4.69, 9.17) is 4.74 Å². The summed E-state index contributed by atoms with van der Waals surface area (Å²) in [6.45, 7) is 3.25. The molecule has 9 nitrogen and oxygen atoms in total. The Morgan fingerprint density at radius 3 is 2.17 bits per heavy atom. The Morgan fingerprint density at radius 2 is 1.53 bits per heavy atom. The summed E-state index contributed by atoms with van der Waals surface area (Å²) in [5.41, 5.74) is 2.65. The second-order valence-corrected chi connectivity index (χ2v) is 12.0. The van der Waals surface area contributed by atoms with Crippen LogP contribution in [0.1, 0.15) is 21.5 Å². The first-order chi connectivity index (χ1) is 17.1. The molecule has 3 aromatic carbocycles. The van der Waals surface area contributed by atoms with Crippen LogP contribution in [0.3, 0.4) is 0 Å². The molecule has 1 aliphatic heterocycles. The zero-order valence-corrected chi connectivity index (χ0v) is 21.3. The lowest BCUT2D eigenvalue weighted by Gasteiger charge is -2.26. The van der Waals surface area contributed by atoms with Crippen molar-refractivity contribution < 1.29 is 26.4 Å². The van der Waals surface area contributed by atoms with Crippen LogP contribution in [0.5, 0.6) is 0 Å². The molecule has 0 unspecified atom stereocenters. The standard InChI is InChI=1S/C25H27N3O6S2/c1-19-4-2-3-5-24(19)27-36(32,33)23-12-10-22(11-13-23)26-25(29)21-8-6-20(7-9-21)18-35(30,31)28-14-16-34-17-15-28/h2-13,27H,14-18H2,1H3,(H,26,29). The molecule has 3 aromatic rings. The molecule has 1 fully saturated rings.